The molecule has 132 valence electrons. The van der Waals surface area contributed by atoms with Gasteiger partial charge >= 0.3 is 0 Å². The maximum atomic E-state index is 12.6. The van der Waals surface area contributed by atoms with Crippen molar-refractivity contribution in [3.05, 3.63) is 36.2 Å². The van der Waals surface area contributed by atoms with Crippen LogP contribution in [0.1, 0.15) is 44.3 Å². The Morgan fingerprint density at radius 1 is 1.16 bits per heavy atom. The minimum absolute atomic E-state index is 0.00409. The summed E-state index contributed by atoms with van der Waals surface area (Å²) in [6.07, 6.45) is 5.68. The number of rotatable bonds is 3. The van der Waals surface area contributed by atoms with Crippen molar-refractivity contribution >= 4 is 5.91 Å². The predicted octanol–water partition coefficient (Wildman–Crippen LogP) is 2.07. The van der Waals surface area contributed by atoms with Crippen LogP contribution in [0.25, 0.3) is 11.4 Å². The molecule has 2 aromatic rings. The molecular weight excluding hydrogens is 316 g/mol. The first-order valence-electron chi connectivity index (χ1n) is 9.16. The van der Waals surface area contributed by atoms with Gasteiger partial charge in [-0.25, -0.2) is 0 Å². The number of aliphatic hydroxyl groups is 1. The van der Waals surface area contributed by atoms with Crippen LogP contribution < -0.4 is 5.32 Å². The first-order valence-corrected chi connectivity index (χ1v) is 9.16. The fourth-order valence-electron chi connectivity index (χ4n) is 3.93. The van der Waals surface area contributed by atoms with Crippen LogP contribution in [0, 0.1) is 0 Å². The summed E-state index contributed by atoms with van der Waals surface area (Å²) in [7, 11) is 0. The summed E-state index contributed by atoms with van der Waals surface area (Å²) in [5.41, 5.74) is -0.160. The number of carbonyl (C=O) groups is 1. The number of fused-ring (bicyclic) bond motifs is 1. The van der Waals surface area contributed by atoms with Gasteiger partial charge in [-0.2, -0.15) is 0 Å². The van der Waals surface area contributed by atoms with Crippen LogP contribution in [0.4, 0.5) is 0 Å². The maximum Gasteiger partial charge on any atom is 0.252 e. The summed E-state index contributed by atoms with van der Waals surface area (Å²) < 4.78 is 2.09. The van der Waals surface area contributed by atoms with Gasteiger partial charge in [0, 0.05) is 24.6 Å². The smallest absolute Gasteiger partial charge is 0.252 e. The van der Waals surface area contributed by atoms with Crippen LogP contribution in [0.5, 0.6) is 0 Å². The summed E-state index contributed by atoms with van der Waals surface area (Å²) in [5.74, 6) is 1.58. The van der Waals surface area contributed by atoms with E-state index >= 15 is 0 Å². The van der Waals surface area contributed by atoms with Crippen LogP contribution in [-0.2, 0) is 17.8 Å². The average molecular weight is 340 g/mol. The number of carbonyl (C=O) groups excluding carboxylic acids is 1. The Labute approximate surface area is 147 Å². The van der Waals surface area contributed by atoms with E-state index in [0.717, 1.165) is 49.3 Å². The van der Waals surface area contributed by atoms with Gasteiger partial charge in [0.25, 0.3) is 5.91 Å². The van der Waals surface area contributed by atoms with E-state index < -0.39 is 5.60 Å². The molecule has 1 aromatic carbocycles. The molecule has 0 saturated heterocycles. The van der Waals surface area contributed by atoms with E-state index in [1.807, 2.05) is 30.3 Å². The Morgan fingerprint density at radius 3 is 2.68 bits per heavy atom. The van der Waals surface area contributed by atoms with Gasteiger partial charge in [0.1, 0.15) is 11.4 Å². The number of nitrogens with zero attached hydrogens (tertiary/aromatic N) is 3. The zero-order valence-electron chi connectivity index (χ0n) is 14.3. The van der Waals surface area contributed by atoms with E-state index in [1.165, 1.54) is 0 Å². The first kappa shape index (κ1) is 16.3. The summed E-state index contributed by atoms with van der Waals surface area (Å²) in [4.78, 5) is 12.6. The van der Waals surface area contributed by atoms with E-state index in [9.17, 15) is 9.90 Å². The lowest BCUT2D eigenvalue weighted by atomic mass is 9.84. The molecule has 1 saturated carbocycles. The van der Waals surface area contributed by atoms with E-state index in [-0.39, 0.29) is 11.9 Å². The van der Waals surface area contributed by atoms with Gasteiger partial charge in [-0.3, -0.25) is 4.79 Å². The number of hydrogen-bond acceptors (Lipinski definition) is 4. The summed E-state index contributed by atoms with van der Waals surface area (Å²) in [6, 6.07) is 9.98. The van der Waals surface area contributed by atoms with Crippen LogP contribution in [0.3, 0.4) is 0 Å². The number of aryl methyl sites for hydroxylation is 1. The van der Waals surface area contributed by atoms with Crippen molar-refractivity contribution in [2.24, 2.45) is 0 Å². The molecular formula is C19H24N4O2. The highest BCUT2D eigenvalue weighted by Crippen LogP contribution is 2.29. The average Bonchev–Trinajstić information content (AvgIpc) is 3.06. The third kappa shape index (κ3) is 3.18. The van der Waals surface area contributed by atoms with Gasteiger partial charge in [0.15, 0.2) is 5.82 Å². The lowest BCUT2D eigenvalue weighted by molar-refractivity contribution is -0.144. The minimum Gasteiger partial charge on any atom is -0.380 e. The Kier molecular flexibility index (Phi) is 4.29. The van der Waals surface area contributed by atoms with Crippen molar-refractivity contribution in [3.63, 3.8) is 0 Å². The van der Waals surface area contributed by atoms with Crippen molar-refractivity contribution in [2.45, 2.75) is 63.1 Å². The molecule has 2 aliphatic rings. The van der Waals surface area contributed by atoms with E-state index in [4.69, 9.17) is 0 Å². The number of nitrogens with one attached hydrogen (secondary N) is 1. The highest BCUT2D eigenvalue weighted by atomic mass is 16.3. The second-order valence-electron chi connectivity index (χ2n) is 7.22. The Morgan fingerprint density at radius 2 is 1.92 bits per heavy atom. The number of benzene rings is 1. The third-order valence-electron chi connectivity index (χ3n) is 5.42. The van der Waals surface area contributed by atoms with Crippen molar-refractivity contribution in [1.82, 2.24) is 20.1 Å². The van der Waals surface area contributed by atoms with Gasteiger partial charge in [0.05, 0.1) is 0 Å². The monoisotopic (exact) mass is 340 g/mol. The fourth-order valence-corrected chi connectivity index (χ4v) is 3.93. The van der Waals surface area contributed by atoms with Gasteiger partial charge in [-0.05, 0) is 19.3 Å². The largest absolute Gasteiger partial charge is 0.380 e. The quantitative estimate of drug-likeness (QED) is 0.896. The molecule has 1 fully saturated rings. The Hall–Kier alpha value is -2.21. The maximum absolute atomic E-state index is 12.6. The van der Waals surface area contributed by atoms with Crippen molar-refractivity contribution < 1.29 is 9.90 Å². The van der Waals surface area contributed by atoms with Gasteiger partial charge < -0.3 is 15.0 Å². The summed E-state index contributed by atoms with van der Waals surface area (Å²) in [6.45, 7) is 0.647. The van der Waals surface area contributed by atoms with Crippen LogP contribution >= 0.6 is 0 Å². The zero-order chi connectivity index (χ0) is 17.3. The predicted molar refractivity (Wildman–Crippen MR) is 93.7 cm³/mol. The van der Waals surface area contributed by atoms with Gasteiger partial charge in [-0.1, -0.05) is 49.6 Å². The molecule has 1 aliphatic heterocycles. The third-order valence-corrected chi connectivity index (χ3v) is 5.42. The lowest BCUT2D eigenvalue weighted by Crippen LogP contribution is -2.53. The van der Waals surface area contributed by atoms with E-state index in [1.54, 1.807) is 0 Å². The van der Waals surface area contributed by atoms with Crippen molar-refractivity contribution in [1.29, 1.82) is 0 Å². The van der Waals surface area contributed by atoms with Crippen molar-refractivity contribution in [2.75, 3.05) is 0 Å². The zero-order valence-corrected chi connectivity index (χ0v) is 14.3. The van der Waals surface area contributed by atoms with E-state index in [2.05, 4.69) is 20.1 Å². The molecule has 0 radical (unpaired) electrons. The Balaban J connectivity index is 1.49. The molecule has 1 aromatic heterocycles. The standard InChI is InChI=1S/C19H24N4O2/c24-18(19(25)11-5-2-6-12-19)20-15-9-10-16-21-22-17(23(16)13-15)14-7-3-1-4-8-14/h1,3-4,7-8,15,25H,2,5-6,9-13H2,(H,20,24)/t15-/m1/s1. The molecule has 1 atom stereocenters. The highest BCUT2D eigenvalue weighted by Gasteiger charge is 2.38. The molecule has 1 aliphatic carbocycles. The minimum atomic E-state index is -1.19. The summed E-state index contributed by atoms with van der Waals surface area (Å²) >= 11 is 0. The lowest BCUT2D eigenvalue weighted by Gasteiger charge is -2.33. The molecule has 25 heavy (non-hydrogen) atoms. The molecule has 6 nitrogen and oxygen atoms in total. The fraction of sp³-hybridized carbons (Fsp3) is 0.526. The Bertz CT molecular complexity index is 750. The van der Waals surface area contributed by atoms with E-state index in [0.29, 0.717) is 19.4 Å². The highest BCUT2D eigenvalue weighted by molar-refractivity contribution is 5.85. The summed E-state index contributed by atoms with van der Waals surface area (Å²) in [5, 5.41) is 22.3. The molecule has 0 bridgehead atoms. The molecule has 2 heterocycles. The number of amides is 1. The second kappa shape index (κ2) is 6.59. The molecule has 6 heteroatoms. The van der Waals surface area contributed by atoms with Crippen molar-refractivity contribution in [3.8, 4) is 11.4 Å². The topological polar surface area (TPSA) is 80.0 Å². The van der Waals surface area contributed by atoms with Gasteiger partial charge in [0.2, 0.25) is 0 Å². The second-order valence-corrected chi connectivity index (χ2v) is 7.22. The molecule has 4 rings (SSSR count). The molecule has 0 unspecified atom stereocenters. The number of hydrogen-bond donors (Lipinski definition) is 2. The molecule has 2 N–H and O–H groups in total. The molecule has 1 amide bonds. The van der Waals surface area contributed by atoms with Gasteiger partial charge in [-0.15, -0.1) is 10.2 Å². The first-order chi connectivity index (χ1) is 12.2. The van der Waals surface area contributed by atoms with Crippen LogP contribution in [0.15, 0.2) is 30.3 Å². The normalized spacial score (nSPS) is 22.2. The SMILES string of the molecule is O=C(N[C@@H]1CCc2nnc(-c3ccccc3)n2C1)C1(O)CCCCC1. The molecule has 0 spiro atoms. The van der Waals surface area contributed by atoms with Crippen LogP contribution in [0.2, 0.25) is 0 Å². The number of aromatic nitrogens is 3. The van der Waals surface area contributed by atoms with Crippen LogP contribution in [-0.4, -0.2) is 37.4 Å².